The third-order valence-electron chi connectivity index (χ3n) is 8.44. The number of carbonyl (C=O) groups excluding carboxylic acids is 2. The fourth-order valence-electron chi connectivity index (χ4n) is 6.64. The monoisotopic (exact) mass is 452 g/mol. The summed E-state index contributed by atoms with van der Waals surface area (Å²) in [6.07, 6.45) is 3.51. The molecule has 5 nitrogen and oxygen atoms in total. The predicted molar refractivity (Wildman–Crippen MR) is 126 cm³/mol. The van der Waals surface area contributed by atoms with Crippen molar-refractivity contribution in [1.29, 1.82) is 0 Å². The van der Waals surface area contributed by atoms with E-state index in [1.54, 1.807) is 7.11 Å². The van der Waals surface area contributed by atoms with Gasteiger partial charge in [-0.15, -0.1) is 0 Å². The van der Waals surface area contributed by atoms with Crippen molar-refractivity contribution in [2.24, 2.45) is 22.7 Å². The zero-order valence-electron chi connectivity index (χ0n) is 21.3. The summed E-state index contributed by atoms with van der Waals surface area (Å²) >= 11 is 0. The van der Waals surface area contributed by atoms with Gasteiger partial charge in [0.25, 0.3) is 0 Å². The van der Waals surface area contributed by atoms with Crippen LogP contribution in [-0.2, 0) is 23.5 Å². The number of ketones is 1. The standard InChI is InChI=1S/C25H44O5Si/c1-16(2)31(17(3)4,18(5)6)30-15-25-22(28-10)12-11-20(23(25)27)13-21(24(25,8)9)14-29-19(7)26/h12,16-18,20-21H,11,13-15H2,1-10H3/t20-,21+,25-/m0/s1. The van der Waals surface area contributed by atoms with E-state index in [0.717, 1.165) is 12.2 Å². The van der Waals surface area contributed by atoms with Crippen LogP contribution in [0.3, 0.4) is 0 Å². The van der Waals surface area contributed by atoms with Gasteiger partial charge in [0.15, 0.2) is 14.1 Å². The zero-order valence-corrected chi connectivity index (χ0v) is 22.3. The van der Waals surface area contributed by atoms with Gasteiger partial charge in [0.1, 0.15) is 11.2 Å². The Morgan fingerprint density at radius 1 is 1.13 bits per heavy atom. The molecular formula is C25H44O5Si. The minimum Gasteiger partial charge on any atom is -0.500 e. The molecule has 0 heterocycles. The number of hydrogen-bond acceptors (Lipinski definition) is 5. The lowest BCUT2D eigenvalue weighted by atomic mass is 9.47. The largest absolute Gasteiger partial charge is 0.500 e. The molecular weight excluding hydrogens is 408 g/mol. The second-order valence-corrected chi connectivity index (χ2v) is 16.5. The second-order valence-electron chi connectivity index (χ2n) is 11.0. The van der Waals surface area contributed by atoms with Crippen molar-refractivity contribution >= 4 is 20.1 Å². The van der Waals surface area contributed by atoms with Crippen LogP contribution in [0.2, 0.25) is 16.6 Å². The molecule has 0 aromatic rings. The highest BCUT2D eigenvalue weighted by atomic mass is 28.4. The molecule has 0 aliphatic heterocycles. The number of carbonyl (C=O) groups is 2. The minimum absolute atomic E-state index is 0.0646. The van der Waals surface area contributed by atoms with Gasteiger partial charge in [-0.2, -0.15) is 0 Å². The van der Waals surface area contributed by atoms with Crippen LogP contribution in [0.5, 0.6) is 0 Å². The quantitative estimate of drug-likeness (QED) is 0.322. The van der Waals surface area contributed by atoms with Gasteiger partial charge in [0.05, 0.1) is 20.3 Å². The summed E-state index contributed by atoms with van der Waals surface area (Å²) in [4.78, 5) is 25.5. The molecule has 2 bridgehead atoms. The van der Waals surface area contributed by atoms with Gasteiger partial charge in [-0.3, -0.25) is 9.59 Å². The van der Waals surface area contributed by atoms with E-state index < -0.39 is 19.1 Å². The molecule has 2 rings (SSSR count). The van der Waals surface area contributed by atoms with Gasteiger partial charge in [-0.1, -0.05) is 55.4 Å². The van der Waals surface area contributed by atoms with Crippen molar-refractivity contribution in [1.82, 2.24) is 0 Å². The highest BCUT2D eigenvalue weighted by Crippen LogP contribution is 2.60. The highest BCUT2D eigenvalue weighted by molar-refractivity contribution is 6.77. The van der Waals surface area contributed by atoms with Gasteiger partial charge in [0, 0.05) is 18.8 Å². The Hall–Kier alpha value is -1.14. The number of Topliss-reactive ketones (excluding diaryl/α,β-unsaturated/α-hetero) is 1. The van der Waals surface area contributed by atoms with Crippen LogP contribution >= 0.6 is 0 Å². The van der Waals surface area contributed by atoms with E-state index in [4.69, 9.17) is 13.9 Å². The molecule has 0 aromatic heterocycles. The molecule has 2 aliphatic carbocycles. The summed E-state index contributed by atoms with van der Waals surface area (Å²) in [7, 11) is -0.528. The molecule has 31 heavy (non-hydrogen) atoms. The lowest BCUT2D eigenvalue weighted by Gasteiger charge is -2.58. The number of esters is 1. The normalized spacial score (nSPS) is 28.2. The average molecular weight is 453 g/mol. The number of ether oxygens (including phenoxy) is 2. The first-order valence-corrected chi connectivity index (χ1v) is 14.0. The number of rotatable bonds is 9. The van der Waals surface area contributed by atoms with Crippen LogP contribution in [0.25, 0.3) is 0 Å². The maximum absolute atomic E-state index is 13.9. The molecule has 0 aromatic carbocycles. The topological polar surface area (TPSA) is 61.8 Å². The van der Waals surface area contributed by atoms with Crippen molar-refractivity contribution in [2.75, 3.05) is 20.3 Å². The van der Waals surface area contributed by atoms with E-state index in [1.807, 2.05) is 0 Å². The van der Waals surface area contributed by atoms with Crippen molar-refractivity contribution in [2.45, 2.75) is 91.8 Å². The maximum Gasteiger partial charge on any atom is 0.302 e. The molecule has 0 N–H and O–H groups in total. The van der Waals surface area contributed by atoms with Gasteiger partial charge in [-0.25, -0.2) is 0 Å². The fraction of sp³-hybridized carbons (Fsp3) is 0.840. The summed E-state index contributed by atoms with van der Waals surface area (Å²) in [5.41, 5.74) is -0.0423. The Morgan fingerprint density at radius 2 is 1.68 bits per heavy atom. The molecule has 2 aliphatic rings. The van der Waals surface area contributed by atoms with Crippen molar-refractivity contribution in [3.63, 3.8) is 0 Å². The third kappa shape index (κ3) is 4.15. The molecule has 0 amide bonds. The average Bonchev–Trinajstić information content (AvgIpc) is 2.65. The van der Waals surface area contributed by atoms with Gasteiger partial charge in [0.2, 0.25) is 0 Å². The molecule has 0 radical (unpaired) electrons. The molecule has 6 heteroatoms. The highest BCUT2D eigenvalue weighted by Gasteiger charge is 2.65. The van der Waals surface area contributed by atoms with Crippen LogP contribution in [0, 0.1) is 22.7 Å². The fourth-order valence-corrected chi connectivity index (χ4v) is 12.1. The lowest BCUT2D eigenvalue weighted by molar-refractivity contribution is -0.166. The Bertz CT molecular complexity index is 687. The van der Waals surface area contributed by atoms with E-state index in [2.05, 4.69) is 61.5 Å². The van der Waals surface area contributed by atoms with Gasteiger partial charge >= 0.3 is 5.97 Å². The first kappa shape index (κ1) is 26.1. The number of fused-ring (bicyclic) bond motifs is 2. The minimum atomic E-state index is -2.19. The Kier molecular flexibility index (Phi) is 7.90. The van der Waals surface area contributed by atoms with E-state index in [-0.39, 0.29) is 23.6 Å². The SMILES string of the molecule is COC1=CC[C@H]2C[C@H](COC(C)=O)C(C)(C)[C@]1(CO[Si](C(C)C)(C(C)C)C(C)C)C2=O. The lowest BCUT2D eigenvalue weighted by Crippen LogP contribution is -2.63. The second kappa shape index (κ2) is 9.38. The van der Waals surface area contributed by atoms with Crippen LogP contribution in [-0.4, -0.2) is 40.4 Å². The first-order valence-electron chi connectivity index (χ1n) is 11.8. The molecule has 1 fully saturated rings. The zero-order chi connectivity index (χ0) is 23.8. The number of allylic oxidation sites excluding steroid dienone is 1. The summed E-state index contributed by atoms with van der Waals surface area (Å²) in [5.74, 6) is 0.663. The molecule has 178 valence electrons. The third-order valence-corrected chi connectivity index (χ3v) is 14.5. The van der Waals surface area contributed by atoms with Gasteiger partial charge in [-0.05, 0) is 41.0 Å². The van der Waals surface area contributed by atoms with Crippen LogP contribution in [0.15, 0.2) is 11.8 Å². The van der Waals surface area contributed by atoms with E-state index in [9.17, 15) is 9.59 Å². The summed E-state index contributed by atoms with van der Waals surface area (Å²) in [6, 6.07) is 0. The summed E-state index contributed by atoms with van der Waals surface area (Å²) in [6.45, 7) is 19.9. The van der Waals surface area contributed by atoms with E-state index in [0.29, 0.717) is 36.3 Å². The Balaban J connectivity index is 2.56. The predicted octanol–water partition coefficient (Wildman–Crippen LogP) is 5.89. The Morgan fingerprint density at radius 3 is 2.13 bits per heavy atom. The van der Waals surface area contributed by atoms with Crippen molar-refractivity contribution < 1.29 is 23.5 Å². The van der Waals surface area contributed by atoms with Crippen molar-refractivity contribution in [3.8, 4) is 0 Å². The molecule has 0 saturated heterocycles. The number of methoxy groups -OCH3 is 1. The van der Waals surface area contributed by atoms with E-state index >= 15 is 0 Å². The molecule has 3 atom stereocenters. The smallest absolute Gasteiger partial charge is 0.302 e. The summed E-state index contributed by atoms with van der Waals surface area (Å²) in [5, 5.41) is 0. The van der Waals surface area contributed by atoms with Gasteiger partial charge < -0.3 is 13.9 Å². The molecule has 0 spiro atoms. The molecule has 0 unspecified atom stereocenters. The van der Waals surface area contributed by atoms with Crippen molar-refractivity contribution in [3.05, 3.63) is 11.8 Å². The van der Waals surface area contributed by atoms with Crippen LogP contribution in [0.1, 0.15) is 75.2 Å². The maximum atomic E-state index is 13.9. The van der Waals surface area contributed by atoms with Crippen LogP contribution < -0.4 is 0 Å². The number of hydrogen-bond donors (Lipinski definition) is 0. The molecule has 1 saturated carbocycles. The first-order chi connectivity index (χ1) is 14.3. The van der Waals surface area contributed by atoms with E-state index in [1.165, 1.54) is 6.92 Å². The Labute approximate surface area is 190 Å². The van der Waals surface area contributed by atoms with Crippen LogP contribution in [0.4, 0.5) is 0 Å². The summed E-state index contributed by atoms with van der Waals surface area (Å²) < 4.78 is 18.4.